The SMILES string of the molecule is CC(=O)c1sc(CCNC(C)(C)C)nc1C. The summed E-state index contributed by atoms with van der Waals surface area (Å²) in [6.45, 7) is 10.8. The first-order valence-corrected chi connectivity index (χ1v) is 6.33. The van der Waals surface area contributed by atoms with Crippen molar-refractivity contribution in [3.05, 3.63) is 15.6 Å². The Kier molecular flexibility index (Phi) is 4.21. The molecule has 0 aliphatic heterocycles. The van der Waals surface area contributed by atoms with E-state index in [0.717, 1.165) is 28.5 Å². The Morgan fingerprint density at radius 2 is 2.06 bits per heavy atom. The first-order chi connectivity index (χ1) is 7.29. The smallest absolute Gasteiger partial charge is 0.171 e. The molecular weight excluding hydrogens is 220 g/mol. The van der Waals surface area contributed by atoms with Gasteiger partial charge in [-0.25, -0.2) is 4.98 Å². The van der Waals surface area contributed by atoms with Gasteiger partial charge in [-0.05, 0) is 27.7 Å². The number of nitrogens with one attached hydrogen (secondary N) is 1. The minimum Gasteiger partial charge on any atom is -0.312 e. The summed E-state index contributed by atoms with van der Waals surface area (Å²) in [5.74, 6) is 0.116. The van der Waals surface area contributed by atoms with Crippen LogP contribution in [0.2, 0.25) is 0 Å². The van der Waals surface area contributed by atoms with Gasteiger partial charge in [0.2, 0.25) is 0 Å². The molecule has 16 heavy (non-hydrogen) atoms. The Morgan fingerprint density at radius 3 is 2.50 bits per heavy atom. The molecule has 0 saturated carbocycles. The molecule has 0 fully saturated rings. The Bertz CT molecular complexity index is 377. The van der Waals surface area contributed by atoms with Crippen molar-refractivity contribution in [1.82, 2.24) is 10.3 Å². The van der Waals surface area contributed by atoms with Crippen LogP contribution in [0.4, 0.5) is 0 Å². The lowest BCUT2D eigenvalue weighted by atomic mass is 10.1. The summed E-state index contributed by atoms with van der Waals surface area (Å²) < 4.78 is 0. The summed E-state index contributed by atoms with van der Waals surface area (Å²) >= 11 is 1.52. The van der Waals surface area contributed by atoms with Crippen molar-refractivity contribution < 1.29 is 4.79 Å². The van der Waals surface area contributed by atoms with E-state index >= 15 is 0 Å². The van der Waals surface area contributed by atoms with Crippen LogP contribution in [0.3, 0.4) is 0 Å². The number of nitrogens with zero attached hydrogens (tertiary/aromatic N) is 1. The van der Waals surface area contributed by atoms with Gasteiger partial charge in [0.1, 0.15) is 0 Å². The fraction of sp³-hybridized carbons (Fsp3) is 0.667. The van der Waals surface area contributed by atoms with Crippen molar-refractivity contribution >= 4 is 17.1 Å². The van der Waals surface area contributed by atoms with E-state index in [9.17, 15) is 4.79 Å². The molecule has 90 valence electrons. The van der Waals surface area contributed by atoms with E-state index in [-0.39, 0.29) is 11.3 Å². The zero-order chi connectivity index (χ0) is 12.3. The summed E-state index contributed by atoms with van der Waals surface area (Å²) in [7, 11) is 0. The molecule has 0 amide bonds. The Balaban J connectivity index is 2.56. The van der Waals surface area contributed by atoms with Crippen LogP contribution >= 0.6 is 11.3 Å². The molecule has 1 heterocycles. The van der Waals surface area contributed by atoms with Crippen molar-refractivity contribution in [2.75, 3.05) is 6.54 Å². The molecule has 0 aliphatic rings. The van der Waals surface area contributed by atoms with Crippen molar-refractivity contribution in [2.24, 2.45) is 0 Å². The summed E-state index contributed by atoms with van der Waals surface area (Å²) in [6, 6.07) is 0. The maximum atomic E-state index is 11.3. The van der Waals surface area contributed by atoms with Gasteiger partial charge in [0, 0.05) is 25.4 Å². The van der Waals surface area contributed by atoms with Crippen LogP contribution in [0.1, 0.15) is 48.1 Å². The average Bonchev–Trinajstić information content (AvgIpc) is 2.44. The molecule has 0 radical (unpaired) electrons. The minimum absolute atomic E-state index is 0.116. The summed E-state index contributed by atoms with van der Waals surface area (Å²) in [4.78, 5) is 16.5. The average molecular weight is 240 g/mol. The van der Waals surface area contributed by atoms with E-state index < -0.39 is 0 Å². The zero-order valence-electron chi connectivity index (χ0n) is 10.7. The number of ketones is 1. The van der Waals surface area contributed by atoms with Crippen LogP contribution in [0, 0.1) is 6.92 Å². The second kappa shape index (κ2) is 5.06. The van der Waals surface area contributed by atoms with Crippen LogP contribution in [-0.4, -0.2) is 22.9 Å². The largest absolute Gasteiger partial charge is 0.312 e. The van der Waals surface area contributed by atoms with Crippen LogP contribution in [0.5, 0.6) is 0 Å². The van der Waals surface area contributed by atoms with Gasteiger partial charge in [-0.15, -0.1) is 11.3 Å². The van der Waals surface area contributed by atoms with Crippen molar-refractivity contribution in [2.45, 2.75) is 46.6 Å². The van der Waals surface area contributed by atoms with Crippen molar-refractivity contribution in [3.63, 3.8) is 0 Å². The van der Waals surface area contributed by atoms with Gasteiger partial charge >= 0.3 is 0 Å². The highest BCUT2D eigenvalue weighted by Gasteiger charge is 2.12. The predicted octanol–water partition coefficient (Wildman–Crippen LogP) is 2.58. The molecule has 4 heteroatoms. The molecule has 0 bridgehead atoms. The Hall–Kier alpha value is -0.740. The highest BCUT2D eigenvalue weighted by atomic mass is 32.1. The topological polar surface area (TPSA) is 42.0 Å². The number of rotatable bonds is 4. The molecule has 3 nitrogen and oxygen atoms in total. The second-order valence-electron chi connectivity index (χ2n) is 5.01. The van der Waals surface area contributed by atoms with E-state index in [0.29, 0.717) is 0 Å². The monoisotopic (exact) mass is 240 g/mol. The van der Waals surface area contributed by atoms with Gasteiger partial charge in [0.25, 0.3) is 0 Å². The number of hydrogen-bond donors (Lipinski definition) is 1. The lowest BCUT2D eigenvalue weighted by Crippen LogP contribution is -2.37. The molecule has 0 unspecified atom stereocenters. The third-order valence-electron chi connectivity index (χ3n) is 2.15. The van der Waals surface area contributed by atoms with Crippen LogP contribution in [0.25, 0.3) is 0 Å². The first kappa shape index (κ1) is 13.3. The number of aromatic nitrogens is 1. The molecule has 0 atom stereocenters. The van der Waals surface area contributed by atoms with Gasteiger partial charge in [-0.2, -0.15) is 0 Å². The third kappa shape index (κ3) is 4.02. The summed E-state index contributed by atoms with van der Waals surface area (Å²) in [5.41, 5.74) is 0.999. The number of carbonyl (C=O) groups excluding carboxylic acids is 1. The van der Waals surface area contributed by atoms with E-state index in [4.69, 9.17) is 0 Å². The van der Waals surface area contributed by atoms with E-state index in [1.165, 1.54) is 11.3 Å². The van der Waals surface area contributed by atoms with Crippen molar-refractivity contribution in [1.29, 1.82) is 0 Å². The van der Waals surface area contributed by atoms with E-state index in [1.54, 1.807) is 6.92 Å². The summed E-state index contributed by atoms with van der Waals surface area (Å²) in [6.07, 6.45) is 0.885. The Labute approximate surface area is 101 Å². The molecule has 1 N–H and O–H groups in total. The Morgan fingerprint density at radius 1 is 1.44 bits per heavy atom. The standard InChI is InChI=1S/C12H20N2OS/c1-8-11(9(2)15)16-10(14-8)6-7-13-12(3,4)5/h13H,6-7H2,1-5H3. The van der Waals surface area contributed by atoms with Gasteiger partial charge in [-0.1, -0.05) is 0 Å². The molecular formula is C12H20N2OS. The number of hydrogen-bond acceptors (Lipinski definition) is 4. The molecule has 1 aromatic rings. The maximum Gasteiger partial charge on any atom is 0.171 e. The van der Waals surface area contributed by atoms with Crippen molar-refractivity contribution in [3.8, 4) is 0 Å². The molecule has 0 aromatic carbocycles. The lowest BCUT2D eigenvalue weighted by Gasteiger charge is -2.19. The highest BCUT2D eigenvalue weighted by molar-refractivity contribution is 7.13. The maximum absolute atomic E-state index is 11.3. The van der Waals surface area contributed by atoms with Gasteiger partial charge in [0.15, 0.2) is 5.78 Å². The zero-order valence-corrected chi connectivity index (χ0v) is 11.5. The van der Waals surface area contributed by atoms with Crippen LogP contribution in [-0.2, 0) is 6.42 Å². The van der Waals surface area contributed by atoms with Gasteiger partial charge in [0.05, 0.1) is 15.6 Å². The molecule has 0 saturated heterocycles. The fourth-order valence-electron chi connectivity index (χ4n) is 1.43. The number of Topliss-reactive ketones (excluding diaryl/α,β-unsaturated/α-hetero) is 1. The van der Waals surface area contributed by atoms with Gasteiger partial charge < -0.3 is 5.32 Å². The van der Waals surface area contributed by atoms with Gasteiger partial charge in [-0.3, -0.25) is 4.79 Å². The minimum atomic E-state index is 0.116. The number of carbonyl (C=O) groups is 1. The normalized spacial score (nSPS) is 11.8. The third-order valence-corrected chi connectivity index (χ3v) is 3.47. The molecule has 1 rings (SSSR count). The first-order valence-electron chi connectivity index (χ1n) is 5.52. The fourth-order valence-corrected chi connectivity index (χ4v) is 2.39. The van der Waals surface area contributed by atoms with E-state index in [1.807, 2.05) is 6.92 Å². The second-order valence-corrected chi connectivity index (χ2v) is 6.09. The quantitative estimate of drug-likeness (QED) is 0.823. The molecule has 0 aliphatic carbocycles. The van der Waals surface area contributed by atoms with Crippen LogP contribution in [0.15, 0.2) is 0 Å². The van der Waals surface area contributed by atoms with Crippen LogP contribution < -0.4 is 5.32 Å². The number of aryl methyl sites for hydroxylation is 1. The predicted molar refractivity (Wildman–Crippen MR) is 68.3 cm³/mol. The van der Waals surface area contributed by atoms with E-state index in [2.05, 4.69) is 31.1 Å². The number of thiazole rings is 1. The highest BCUT2D eigenvalue weighted by Crippen LogP contribution is 2.18. The lowest BCUT2D eigenvalue weighted by molar-refractivity contribution is 0.102. The molecule has 0 spiro atoms. The summed E-state index contributed by atoms with van der Waals surface area (Å²) in [5, 5.41) is 4.45. The molecule has 1 aromatic heterocycles.